The number of nitrogens with zero attached hydrogens (tertiary/aromatic N) is 1. The first-order valence-corrected chi connectivity index (χ1v) is 5.65. The van der Waals surface area contributed by atoms with E-state index in [9.17, 15) is 0 Å². The number of rotatable bonds is 4. The fourth-order valence-corrected chi connectivity index (χ4v) is 2.05. The number of aromatic amines is 1. The van der Waals surface area contributed by atoms with Gasteiger partial charge in [-0.3, -0.25) is 0 Å². The molecule has 1 aromatic heterocycles. The van der Waals surface area contributed by atoms with Gasteiger partial charge >= 0.3 is 0 Å². The standard InChI is InChI=1S/C13H19N3/c1-16(2)7-6-11-9-15-12-5-3-4-10(8-14)13(11)12/h3-5,9,15H,6-8,14H2,1-2H3. The molecule has 0 spiro atoms. The molecular formula is C13H19N3. The van der Waals surface area contributed by atoms with E-state index in [1.54, 1.807) is 0 Å². The Bertz CT molecular complexity index is 471. The Labute approximate surface area is 96.2 Å². The monoisotopic (exact) mass is 217 g/mol. The van der Waals surface area contributed by atoms with Crippen molar-refractivity contribution >= 4 is 10.9 Å². The number of benzene rings is 1. The minimum absolute atomic E-state index is 0.601. The molecule has 2 aromatic rings. The van der Waals surface area contributed by atoms with Crippen LogP contribution < -0.4 is 5.73 Å². The first kappa shape index (κ1) is 11.2. The van der Waals surface area contributed by atoms with E-state index in [-0.39, 0.29) is 0 Å². The molecule has 0 unspecified atom stereocenters. The first-order chi connectivity index (χ1) is 7.72. The van der Waals surface area contributed by atoms with Crippen molar-refractivity contribution in [3.63, 3.8) is 0 Å². The Morgan fingerprint density at radius 2 is 2.06 bits per heavy atom. The van der Waals surface area contributed by atoms with Crippen LogP contribution in [0.15, 0.2) is 24.4 Å². The van der Waals surface area contributed by atoms with Crippen LogP contribution in [0.2, 0.25) is 0 Å². The summed E-state index contributed by atoms with van der Waals surface area (Å²) < 4.78 is 0. The molecule has 0 aliphatic heterocycles. The van der Waals surface area contributed by atoms with Crippen LogP contribution in [0.3, 0.4) is 0 Å². The summed E-state index contributed by atoms with van der Waals surface area (Å²) in [5.41, 5.74) is 9.56. The maximum Gasteiger partial charge on any atom is 0.0460 e. The summed E-state index contributed by atoms with van der Waals surface area (Å²) in [6.07, 6.45) is 3.16. The third-order valence-electron chi connectivity index (χ3n) is 2.92. The Morgan fingerprint density at radius 3 is 2.75 bits per heavy atom. The van der Waals surface area contributed by atoms with E-state index in [0.717, 1.165) is 13.0 Å². The zero-order valence-electron chi connectivity index (χ0n) is 9.96. The van der Waals surface area contributed by atoms with Crippen LogP contribution in [0, 0.1) is 0 Å². The van der Waals surface area contributed by atoms with Gasteiger partial charge in [0, 0.05) is 30.2 Å². The summed E-state index contributed by atoms with van der Waals surface area (Å²) in [5, 5.41) is 1.31. The summed E-state index contributed by atoms with van der Waals surface area (Å²) >= 11 is 0. The van der Waals surface area contributed by atoms with Crippen molar-refractivity contribution in [2.75, 3.05) is 20.6 Å². The average molecular weight is 217 g/mol. The number of likely N-dealkylation sites (N-methyl/N-ethyl adjacent to an activating group) is 1. The Balaban J connectivity index is 2.38. The molecule has 0 saturated carbocycles. The maximum absolute atomic E-state index is 5.78. The molecular weight excluding hydrogens is 198 g/mol. The summed E-state index contributed by atoms with van der Waals surface area (Å²) in [6, 6.07) is 6.26. The van der Waals surface area contributed by atoms with Gasteiger partial charge in [-0.1, -0.05) is 12.1 Å². The largest absolute Gasteiger partial charge is 0.361 e. The molecule has 86 valence electrons. The summed E-state index contributed by atoms with van der Waals surface area (Å²) in [4.78, 5) is 5.51. The van der Waals surface area contributed by atoms with Crippen molar-refractivity contribution in [3.8, 4) is 0 Å². The van der Waals surface area contributed by atoms with Crippen molar-refractivity contribution < 1.29 is 0 Å². The molecule has 0 amide bonds. The van der Waals surface area contributed by atoms with Crippen LogP contribution in [-0.4, -0.2) is 30.5 Å². The Morgan fingerprint density at radius 1 is 1.25 bits per heavy atom. The number of fused-ring (bicyclic) bond motifs is 1. The third kappa shape index (κ3) is 2.10. The van der Waals surface area contributed by atoms with Gasteiger partial charge < -0.3 is 15.6 Å². The zero-order valence-corrected chi connectivity index (χ0v) is 9.96. The quantitative estimate of drug-likeness (QED) is 0.819. The molecule has 0 aliphatic rings. The highest BCUT2D eigenvalue weighted by atomic mass is 15.0. The van der Waals surface area contributed by atoms with E-state index in [1.165, 1.54) is 22.0 Å². The zero-order chi connectivity index (χ0) is 11.5. The fourth-order valence-electron chi connectivity index (χ4n) is 2.05. The van der Waals surface area contributed by atoms with Crippen LogP contribution in [-0.2, 0) is 13.0 Å². The van der Waals surface area contributed by atoms with Crippen LogP contribution >= 0.6 is 0 Å². The Hall–Kier alpha value is -1.32. The second kappa shape index (κ2) is 4.68. The molecule has 0 radical (unpaired) electrons. The number of H-pyrrole nitrogens is 1. The van der Waals surface area contributed by atoms with Gasteiger partial charge in [-0.25, -0.2) is 0 Å². The van der Waals surface area contributed by atoms with Gasteiger partial charge in [0.15, 0.2) is 0 Å². The maximum atomic E-state index is 5.78. The molecule has 2 rings (SSSR count). The molecule has 3 nitrogen and oxygen atoms in total. The van der Waals surface area contributed by atoms with Crippen molar-refractivity contribution in [2.45, 2.75) is 13.0 Å². The lowest BCUT2D eigenvalue weighted by Gasteiger charge is -2.09. The SMILES string of the molecule is CN(C)CCc1c[nH]c2cccc(CN)c12. The highest BCUT2D eigenvalue weighted by molar-refractivity contribution is 5.86. The molecule has 0 fully saturated rings. The number of nitrogens with two attached hydrogens (primary N) is 1. The van der Waals surface area contributed by atoms with E-state index in [0.29, 0.717) is 6.54 Å². The van der Waals surface area contributed by atoms with Crippen molar-refractivity contribution in [1.82, 2.24) is 9.88 Å². The molecule has 0 saturated heterocycles. The molecule has 0 bridgehead atoms. The number of hydrogen-bond acceptors (Lipinski definition) is 2. The highest BCUT2D eigenvalue weighted by Crippen LogP contribution is 2.22. The van der Waals surface area contributed by atoms with Crippen molar-refractivity contribution in [2.24, 2.45) is 5.73 Å². The molecule has 3 heteroatoms. The summed E-state index contributed by atoms with van der Waals surface area (Å²) in [5.74, 6) is 0. The summed E-state index contributed by atoms with van der Waals surface area (Å²) in [6.45, 7) is 1.66. The third-order valence-corrected chi connectivity index (χ3v) is 2.92. The van der Waals surface area contributed by atoms with Gasteiger partial charge in [-0.2, -0.15) is 0 Å². The molecule has 1 aromatic carbocycles. The van der Waals surface area contributed by atoms with Crippen LogP contribution in [0.25, 0.3) is 10.9 Å². The smallest absolute Gasteiger partial charge is 0.0460 e. The summed E-state index contributed by atoms with van der Waals surface area (Å²) in [7, 11) is 4.19. The van der Waals surface area contributed by atoms with Crippen LogP contribution in [0.1, 0.15) is 11.1 Å². The number of aromatic nitrogens is 1. The minimum atomic E-state index is 0.601. The second-order valence-electron chi connectivity index (χ2n) is 4.41. The fraction of sp³-hybridized carbons (Fsp3) is 0.385. The van der Waals surface area contributed by atoms with E-state index in [1.807, 2.05) is 0 Å². The van der Waals surface area contributed by atoms with Crippen molar-refractivity contribution in [1.29, 1.82) is 0 Å². The Kier molecular flexibility index (Phi) is 3.27. The average Bonchev–Trinajstić information content (AvgIpc) is 2.69. The topological polar surface area (TPSA) is 45.0 Å². The minimum Gasteiger partial charge on any atom is -0.361 e. The molecule has 3 N–H and O–H groups in total. The second-order valence-corrected chi connectivity index (χ2v) is 4.41. The van der Waals surface area contributed by atoms with Crippen LogP contribution in [0.5, 0.6) is 0 Å². The van der Waals surface area contributed by atoms with Gasteiger partial charge in [-0.15, -0.1) is 0 Å². The van der Waals surface area contributed by atoms with Crippen LogP contribution in [0.4, 0.5) is 0 Å². The number of nitrogens with one attached hydrogen (secondary N) is 1. The molecule has 0 aliphatic carbocycles. The van der Waals surface area contributed by atoms with E-state index < -0.39 is 0 Å². The van der Waals surface area contributed by atoms with Crippen molar-refractivity contribution in [3.05, 3.63) is 35.5 Å². The lowest BCUT2D eigenvalue weighted by molar-refractivity contribution is 0.414. The van der Waals surface area contributed by atoms with Gasteiger partial charge in [0.05, 0.1) is 0 Å². The van der Waals surface area contributed by atoms with Gasteiger partial charge in [0.25, 0.3) is 0 Å². The van der Waals surface area contributed by atoms with E-state index >= 15 is 0 Å². The molecule has 0 atom stereocenters. The first-order valence-electron chi connectivity index (χ1n) is 5.65. The van der Waals surface area contributed by atoms with E-state index in [4.69, 9.17) is 5.73 Å². The van der Waals surface area contributed by atoms with Gasteiger partial charge in [0.1, 0.15) is 0 Å². The lowest BCUT2D eigenvalue weighted by atomic mass is 10.0. The molecule has 1 heterocycles. The lowest BCUT2D eigenvalue weighted by Crippen LogP contribution is -2.15. The van der Waals surface area contributed by atoms with E-state index in [2.05, 4.69) is 48.4 Å². The van der Waals surface area contributed by atoms with Gasteiger partial charge in [-0.05, 0) is 37.7 Å². The predicted octanol–water partition coefficient (Wildman–Crippen LogP) is 1.73. The predicted molar refractivity (Wildman–Crippen MR) is 68.4 cm³/mol. The highest BCUT2D eigenvalue weighted by Gasteiger charge is 2.07. The van der Waals surface area contributed by atoms with Gasteiger partial charge in [0.2, 0.25) is 0 Å². The number of hydrogen-bond donors (Lipinski definition) is 2. The molecule has 16 heavy (non-hydrogen) atoms. The normalized spacial score (nSPS) is 11.5.